The molecule has 3 heteroatoms. The zero-order valence-electron chi connectivity index (χ0n) is 13.1. The van der Waals surface area contributed by atoms with Gasteiger partial charge in [-0.3, -0.25) is 0 Å². The van der Waals surface area contributed by atoms with E-state index >= 15 is 0 Å². The molecule has 0 spiro atoms. The number of benzene rings is 1. The molecule has 114 valence electrons. The molecule has 0 aliphatic heterocycles. The molecule has 1 heterocycles. The van der Waals surface area contributed by atoms with E-state index in [1.165, 1.54) is 42.2 Å². The molecule has 2 aromatic rings. The molecule has 0 radical (unpaired) electrons. The first-order chi connectivity index (χ1) is 10.3. The standard InChI is InChI=1S/C18H25NO2/c1-3-4-5-13-6-9-17-15(10-13)16(12-20-2)18(21-17)11-19-14-7-8-14/h6,9-10,14,19H,3-5,7-8,11-12H2,1-2H3. The monoisotopic (exact) mass is 287 g/mol. The van der Waals surface area contributed by atoms with Gasteiger partial charge in [0.2, 0.25) is 0 Å². The summed E-state index contributed by atoms with van der Waals surface area (Å²) in [5.74, 6) is 1.03. The van der Waals surface area contributed by atoms with E-state index in [9.17, 15) is 0 Å². The Morgan fingerprint density at radius 1 is 1.33 bits per heavy atom. The maximum atomic E-state index is 6.05. The molecule has 0 bridgehead atoms. The Hall–Kier alpha value is -1.32. The Morgan fingerprint density at radius 3 is 2.90 bits per heavy atom. The maximum absolute atomic E-state index is 6.05. The van der Waals surface area contributed by atoms with Crippen molar-refractivity contribution in [3.05, 3.63) is 35.1 Å². The van der Waals surface area contributed by atoms with Crippen LogP contribution in [0.2, 0.25) is 0 Å². The van der Waals surface area contributed by atoms with Gasteiger partial charge in [-0.1, -0.05) is 19.4 Å². The van der Waals surface area contributed by atoms with Crippen molar-refractivity contribution in [3.8, 4) is 0 Å². The fourth-order valence-electron chi connectivity index (χ4n) is 2.75. The smallest absolute Gasteiger partial charge is 0.134 e. The first-order valence-corrected chi connectivity index (χ1v) is 8.07. The molecule has 1 saturated carbocycles. The fraction of sp³-hybridized carbons (Fsp3) is 0.556. The van der Waals surface area contributed by atoms with Crippen molar-refractivity contribution in [1.29, 1.82) is 0 Å². The molecule has 0 atom stereocenters. The lowest BCUT2D eigenvalue weighted by molar-refractivity contribution is 0.183. The summed E-state index contributed by atoms with van der Waals surface area (Å²) < 4.78 is 11.4. The molecule has 0 unspecified atom stereocenters. The van der Waals surface area contributed by atoms with E-state index in [0.717, 1.165) is 24.3 Å². The number of unbranched alkanes of at least 4 members (excludes halogenated alkanes) is 1. The van der Waals surface area contributed by atoms with Gasteiger partial charge in [0.1, 0.15) is 11.3 Å². The van der Waals surface area contributed by atoms with Crippen LogP contribution in [0.1, 0.15) is 49.5 Å². The number of nitrogens with one attached hydrogen (secondary N) is 1. The van der Waals surface area contributed by atoms with Crippen LogP contribution in [0.5, 0.6) is 0 Å². The van der Waals surface area contributed by atoms with Crippen LogP contribution in [0, 0.1) is 0 Å². The third-order valence-electron chi connectivity index (χ3n) is 4.18. The molecule has 3 nitrogen and oxygen atoms in total. The highest BCUT2D eigenvalue weighted by Crippen LogP contribution is 2.29. The quantitative estimate of drug-likeness (QED) is 0.791. The Balaban J connectivity index is 1.88. The van der Waals surface area contributed by atoms with Crippen LogP contribution < -0.4 is 5.32 Å². The zero-order chi connectivity index (χ0) is 14.7. The molecule has 0 amide bonds. The Bertz CT molecular complexity index is 599. The summed E-state index contributed by atoms with van der Waals surface area (Å²) in [5.41, 5.74) is 3.58. The molecular weight excluding hydrogens is 262 g/mol. The van der Waals surface area contributed by atoms with E-state index < -0.39 is 0 Å². The molecule has 1 aromatic carbocycles. The van der Waals surface area contributed by atoms with Crippen molar-refractivity contribution >= 4 is 11.0 Å². The van der Waals surface area contributed by atoms with Crippen molar-refractivity contribution in [3.63, 3.8) is 0 Å². The molecule has 1 aliphatic rings. The van der Waals surface area contributed by atoms with E-state index in [1.807, 2.05) is 0 Å². The van der Waals surface area contributed by atoms with Gasteiger partial charge in [-0.25, -0.2) is 0 Å². The van der Waals surface area contributed by atoms with Gasteiger partial charge in [0.25, 0.3) is 0 Å². The number of ether oxygens (including phenoxy) is 1. The molecule has 21 heavy (non-hydrogen) atoms. The summed E-state index contributed by atoms with van der Waals surface area (Å²) in [7, 11) is 1.75. The average Bonchev–Trinajstić information content (AvgIpc) is 3.27. The van der Waals surface area contributed by atoms with Gasteiger partial charge in [0.05, 0.1) is 13.2 Å². The van der Waals surface area contributed by atoms with Crippen molar-refractivity contribution in [2.24, 2.45) is 0 Å². The van der Waals surface area contributed by atoms with Gasteiger partial charge < -0.3 is 14.5 Å². The summed E-state index contributed by atoms with van der Waals surface area (Å²) in [6.07, 6.45) is 6.19. The van der Waals surface area contributed by atoms with Crippen LogP contribution in [-0.4, -0.2) is 13.2 Å². The van der Waals surface area contributed by atoms with E-state index in [4.69, 9.17) is 9.15 Å². The van der Waals surface area contributed by atoms with Crippen LogP contribution in [0.3, 0.4) is 0 Å². The number of aryl methyl sites for hydroxylation is 1. The lowest BCUT2D eigenvalue weighted by Crippen LogP contribution is -2.15. The van der Waals surface area contributed by atoms with E-state index in [-0.39, 0.29) is 0 Å². The number of hydrogen-bond donors (Lipinski definition) is 1. The van der Waals surface area contributed by atoms with Crippen LogP contribution in [0.25, 0.3) is 11.0 Å². The fourth-order valence-corrected chi connectivity index (χ4v) is 2.75. The topological polar surface area (TPSA) is 34.4 Å². The van der Waals surface area contributed by atoms with Crippen molar-refractivity contribution in [2.45, 2.75) is 58.2 Å². The van der Waals surface area contributed by atoms with Crippen LogP contribution in [0.4, 0.5) is 0 Å². The predicted octanol–water partition coefficient (Wildman–Crippen LogP) is 4.17. The molecule has 1 N–H and O–H groups in total. The van der Waals surface area contributed by atoms with Gasteiger partial charge in [0.15, 0.2) is 0 Å². The minimum atomic E-state index is 0.617. The Labute approximate surface area is 126 Å². The molecular formula is C18H25NO2. The van der Waals surface area contributed by atoms with Gasteiger partial charge in [0, 0.05) is 24.1 Å². The minimum absolute atomic E-state index is 0.617. The molecule has 3 rings (SSSR count). The van der Waals surface area contributed by atoms with E-state index in [1.54, 1.807) is 7.11 Å². The SMILES string of the molecule is CCCCc1ccc2oc(CNC3CC3)c(COC)c2c1. The van der Waals surface area contributed by atoms with E-state index in [2.05, 4.69) is 30.4 Å². The molecule has 1 fully saturated rings. The van der Waals surface area contributed by atoms with Gasteiger partial charge >= 0.3 is 0 Å². The predicted molar refractivity (Wildman–Crippen MR) is 85.4 cm³/mol. The van der Waals surface area contributed by atoms with Crippen LogP contribution in [0.15, 0.2) is 22.6 Å². The number of hydrogen-bond acceptors (Lipinski definition) is 3. The Morgan fingerprint density at radius 2 is 2.19 bits per heavy atom. The highest BCUT2D eigenvalue weighted by atomic mass is 16.5. The van der Waals surface area contributed by atoms with Gasteiger partial charge in [-0.05, 0) is 43.4 Å². The summed E-state index contributed by atoms with van der Waals surface area (Å²) in [6.45, 7) is 3.66. The molecule has 1 aliphatic carbocycles. The number of rotatable bonds is 8. The lowest BCUT2D eigenvalue weighted by atomic mass is 10.0. The van der Waals surface area contributed by atoms with Crippen LogP contribution >= 0.6 is 0 Å². The molecule has 0 saturated heterocycles. The highest BCUT2D eigenvalue weighted by molar-refractivity contribution is 5.83. The first kappa shape index (κ1) is 14.6. The minimum Gasteiger partial charge on any atom is -0.459 e. The average molecular weight is 287 g/mol. The van der Waals surface area contributed by atoms with Crippen LogP contribution in [-0.2, 0) is 24.3 Å². The third-order valence-corrected chi connectivity index (χ3v) is 4.18. The third kappa shape index (κ3) is 3.47. The zero-order valence-corrected chi connectivity index (χ0v) is 13.1. The highest BCUT2D eigenvalue weighted by Gasteiger charge is 2.22. The first-order valence-electron chi connectivity index (χ1n) is 8.07. The van der Waals surface area contributed by atoms with E-state index in [0.29, 0.717) is 12.6 Å². The number of fused-ring (bicyclic) bond motifs is 1. The number of methoxy groups -OCH3 is 1. The van der Waals surface area contributed by atoms with Crippen molar-refractivity contribution in [2.75, 3.05) is 7.11 Å². The summed E-state index contributed by atoms with van der Waals surface area (Å²) in [4.78, 5) is 0. The second-order valence-corrected chi connectivity index (χ2v) is 6.03. The Kier molecular flexibility index (Phi) is 4.61. The van der Waals surface area contributed by atoms with Crippen molar-refractivity contribution < 1.29 is 9.15 Å². The number of furan rings is 1. The van der Waals surface area contributed by atoms with Gasteiger partial charge in [-0.2, -0.15) is 0 Å². The van der Waals surface area contributed by atoms with Gasteiger partial charge in [-0.15, -0.1) is 0 Å². The maximum Gasteiger partial charge on any atom is 0.134 e. The summed E-state index contributed by atoms with van der Waals surface area (Å²) in [5, 5.41) is 4.75. The second kappa shape index (κ2) is 6.63. The van der Waals surface area contributed by atoms with Crippen molar-refractivity contribution in [1.82, 2.24) is 5.32 Å². The molecule has 1 aromatic heterocycles. The lowest BCUT2D eigenvalue weighted by Gasteiger charge is -2.04. The summed E-state index contributed by atoms with van der Waals surface area (Å²) >= 11 is 0. The normalized spacial score (nSPS) is 15.0. The summed E-state index contributed by atoms with van der Waals surface area (Å²) in [6, 6.07) is 7.27. The second-order valence-electron chi connectivity index (χ2n) is 6.03. The largest absolute Gasteiger partial charge is 0.459 e.